The number of pyridine rings is 1. The van der Waals surface area contributed by atoms with E-state index in [2.05, 4.69) is 10.3 Å². The molecule has 0 aliphatic heterocycles. The van der Waals surface area contributed by atoms with Crippen LogP contribution in [0.2, 0.25) is 0 Å². The van der Waals surface area contributed by atoms with E-state index in [-0.39, 0.29) is 5.97 Å². The molecule has 0 spiro atoms. The molecule has 0 amide bonds. The third kappa shape index (κ3) is 4.40. The third-order valence-corrected chi connectivity index (χ3v) is 2.23. The van der Waals surface area contributed by atoms with Crippen molar-refractivity contribution < 1.29 is 9.53 Å². The fraction of sp³-hybridized carbons (Fsp3) is 0.500. The summed E-state index contributed by atoms with van der Waals surface area (Å²) < 4.78 is 4.96. The van der Waals surface area contributed by atoms with Crippen LogP contribution in [0.5, 0.6) is 0 Å². The number of aromatic nitrogens is 1. The number of esters is 1. The molecule has 1 rings (SSSR count). The Morgan fingerprint density at radius 3 is 3.06 bits per heavy atom. The Hall–Kier alpha value is -1.62. The van der Waals surface area contributed by atoms with Gasteiger partial charge in [0.05, 0.1) is 6.61 Å². The van der Waals surface area contributed by atoms with Gasteiger partial charge in [-0.25, -0.2) is 9.78 Å². The van der Waals surface area contributed by atoms with Crippen molar-refractivity contribution in [3.63, 3.8) is 0 Å². The molecule has 0 aliphatic carbocycles. The SMILES string of the molecule is CCOC(=O)c1cccnc1NCCCCN. The molecule has 0 aliphatic rings. The summed E-state index contributed by atoms with van der Waals surface area (Å²) in [6.45, 7) is 3.57. The minimum Gasteiger partial charge on any atom is -0.462 e. The Morgan fingerprint density at radius 1 is 1.53 bits per heavy atom. The summed E-state index contributed by atoms with van der Waals surface area (Å²) in [6.07, 6.45) is 3.55. The predicted molar refractivity (Wildman–Crippen MR) is 67.0 cm³/mol. The zero-order valence-electron chi connectivity index (χ0n) is 10.1. The molecule has 17 heavy (non-hydrogen) atoms. The maximum Gasteiger partial charge on any atom is 0.341 e. The molecule has 0 unspecified atom stereocenters. The number of nitrogens with zero attached hydrogens (tertiary/aromatic N) is 1. The van der Waals surface area contributed by atoms with Gasteiger partial charge in [-0.3, -0.25) is 0 Å². The van der Waals surface area contributed by atoms with Crippen LogP contribution in [-0.4, -0.2) is 30.6 Å². The molecule has 0 fully saturated rings. The Labute approximate surface area is 101 Å². The zero-order valence-corrected chi connectivity index (χ0v) is 10.1. The van der Waals surface area contributed by atoms with Crippen molar-refractivity contribution in [2.75, 3.05) is 25.0 Å². The predicted octanol–water partition coefficient (Wildman–Crippen LogP) is 1.41. The van der Waals surface area contributed by atoms with Crippen molar-refractivity contribution in [1.29, 1.82) is 0 Å². The maximum absolute atomic E-state index is 11.6. The molecule has 3 N–H and O–H groups in total. The second-order valence-corrected chi connectivity index (χ2v) is 3.54. The quantitative estimate of drug-likeness (QED) is 0.554. The first-order valence-corrected chi connectivity index (χ1v) is 5.85. The number of hydrogen-bond acceptors (Lipinski definition) is 5. The van der Waals surface area contributed by atoms with Gasteiger partial charge in [0.2, 0.25) is 0 Å². The number of rotatable bonds is 7. The highest BCUT2D eigenvalue weighted by molar-refractivity contribution is 5.94. The van der Waals surface area contributed by atoms with Gasteiger partial charge in [0.15, 0.2) is 0 Å². The Balaban J connectivity index is 2.61. The number of hydrogen-bond donors (Lipinski definition) is 2. The van der Waals surface area contributed by atoms with Gasteiger partial charge in [0.1, 0.15) is 11.4 Å². The fourth-order valence-electron chi connectivity index (χ4n) is 1.40. The second kappa shape index (κ2) is 7.62. The van der Waals surface area contributed by atoms with E-state index in [1.807, 2.05) is 0 Å². The van der Waals surface area contributed by atoms with E-state index in [0.717, 1.165) is 19.4 Å². The number of anilines is 1. The second-order valence-electron chi connectivity index (χ2n) is 3.54. The summed E-state index contributed by atoms with van der Waals surface area (Å²) in [5.41, 5.74) is 5.88. The molecular formula is C12H19N3O2. The zero-order chi connectivity index (χ0) is 12.5. The van der Waals surface area contributed by atoms with Crippen LogP contribution in [0, 0.1) is 0 Å². The van der Waals surface area contributed by atoms with Gasteiger partial charge in [-0.2, -0.15) is 0 Å². The summed E-state index contributed by atoms with van der Waals surface area (Å²) in [7, 11) is 0. The fourth-order valence-corrected chi connectivity index (χ4v) is 1.40. The first-order chi connectivity index (χ1) is 8.29. The molecule has 94 valence electrons. The van der Waals surface area contributed by atoms with Gasteiger partial charge in [0.25, 0.3) is 0 Å². The van der Waals surface area contributed by atoms with E-state index >= 15 is 0 Å². The molecular weight excluding hydrogens is 218 g/mol. The van der Waals surface area contributed by atoms with Crippen molar-refractivity contribution in [3.8, 4) is 0 Å². The lowest BCUT2D eigenvalue weighted by atomic mass is 10.2. The van der Waals surface area contributed by atoms with Gasteiger partial charge in [-0.1, -0.05) is 0 Å². The average Bonchev–Trinajstić information content (AvgIpc) is 2.35. The first-order valence-electron chi connectivity index (χ1n) is 5.85. The molecule has 0 bridgehead atoms. The van der Waals surface area contributed by atoms with Gasteiger partial charge < -0.3 is 15.8 Å². The highest BCUT2D eigenvalue weighted by atomic mass is 16.5. The molecule has 0 saturated carbocycles. The average molecular weight is 237 g/mol. The van der Waals surface area contributed by atoms with Crippen molar-refractivity contribution >= 4 is 11.8 Å². The van der Waals surface area contributed by atoms with Gasteiger partial charge in [0, 0.05) is 12.7 Å². The molecule has 0 aromatic carbocycles. The van der Waals surface area contributed by atoms with Crippen molar-refractivity contribution in [2.45, 2.75) is 19.8 Å². The topological polar surface area (TPSA) is 77.2 Å². The van der Waals surface area contributed by atoms with Crippen LogP contribution in [0.25, 0.3) is 0 Å². The van der Waals surface area contributed by atoms with Crippen LogP contribution in [0.3, 0.4) is 0 Å². The highest BCUT2D eigenvalue weighted by Crippen LogP contribution is 2.12. The third-order valence-electron chi connectivity index (χ3n) is 2.23. The smallest absolute Gasteiger partial charge is 0.341 e. The summed E-state index contributed by atoms with van der Waals surface area (Å²) >= 11 is 0. The van der Waals surface area contributed by atoms with Gasteiger partial charge >= 0.3 is 5.97 Å². The number of ether oxygens (including phenoxy) is 1. The van der Waals surface area contributed by atoms with Crippen LogP contribution in [0.4, 0.5) is 5.82 Å². The highest BCUT2D eigenvalue weighted by Gasteiger charge is 2.12. The lowest BCUT2D eigenvalue weighted by Crippen LogP contribution is -2.12. The van der Waals surface area contributed by atoms with Crippen molar-refractivity contribution in [1.82, 2.24) is 4.98 Å². The minimum absolute atomic E-state index is 0.345. The Kier molecular flexibility index (Phi) is 6.03. The molecule has 5 nitrogen and oxygen atoms in total. The van der Waals surface area contributed by atoms with Gasteiger partial charge in [-0.15, -0.1) is 0 Å². The molecule has 0 atom stereocenters. The normalized spacial score (nSPS) is 10.0. The van der Waals surface area contributed by atoms with E-state index in [9.17, 15) is 4.79 Å². The Morgan fingerprint density at radius 2 is 2.35 bits per heavy atom. The van der Waals surface area contributed by atoms with Crippen molar-refractivity contribution in [3.05, 3.63) is 23.9 Å². The Bertz CT molecular complexity index is 355. The van der Waals surface area contributed by atoms with E-state index in [1.54, 1.807) is 25.3 Å². The van der Waals surface area contributed by atoms with Crippen LogP contribution in [0.15, 0.2) is 18.3 Å². The largest absolute Gasteiger partial charge is 0.462 e. The lowest BCUT2D eigenvalue weighted by molar-refractivity contribution is 0.0527. The molecule has 1 heterocycles. The van der Waals surface area contributed by atoms with E-state index < -0.39 is 0 Å². The monoisotopic (exact) mass is 237 g/mol. The minimum atomic E-state index is -0.345. The number of unbranched alkanes of at least 4 members (excludes halogenated alkanes) is 1. The maximum atomic E-state index is 11.6. The lowest BCUT2D eigenvalue weighted by Gasteiger charge is -2.09. The number of nitrogens with one attached hydrogen (secondary N) is 1. The molecule has 1 aromatic rings. The first kappa shape index (κ1) is 13.4. The van der Waals surface area contributed by atoms with Crippen LogP contribution < -0.4 is 11.1 Å². The summed E-state index contributed by atoms with van der Waals surface area (Å²) in [4.78, 5) is 15.8. The van der Waals surface area contributed by atoms with Crippen LogP contribution in [0.1, 0.15) is 30.1 Å². The number of nitrogens with two attached hydrogens (primary N) is 1. The number of carbonyl (C=O) groups excluding carboxylic acids is 1. The molecule has 5 heteroatoms. The van der Waals surface area contributed by atoms with E-state index in [4.69, 9.17) is 10.5 Å². The van der Waals surface area contributed by atoms with Crippen LogP contribution in [-0.2, 0) is 4.74 Å². The van der Waals surface area contributed by atoms with Crippen LogP contribution >= 0.6 is 0 Å². The molecule has 0 saturated heterocycles. The summed E-state index contributed by atoms with van der Waals surface area (Å²) in [5, 5.41) is 3.12. The van der Waals surface area contributed by atoms with E-state index in [0.29, 0.717) is 24.5 Å². The van der Waals surface area contributed by atoms with Crippen molar-refractivity contribution in [2.24, 2.45) is 5.73 Å². The van der Waals surface area contributed by atoms with E-state index in [1.165, 1.54) is 0 Å². The van der Waals surface area contributed by atoms with Gasteiger partial charge in [-0.05, 0) is 38.4 Å². The molecule has 1 aromatic heterocycles. The summed E-state index contributed by atoms with van der Waals surface area (Å²) in [6, 6.07) is 3.42. The number of carbonyl (C=O) groups is 1. The standard InChI is InChI=1S/C12H19N3O2/c1-2-17-12(16)10-6-5-9-15-11(10)14-8-4-3-7-13/h5-6,9H,2-4,7-8,13H2,1H3,(H,14,15). The summed E-state index contributed by atoms with van der Waals surface area (Å²) in [5.74, 6) is 0.227. The molecule has 0 radical (unpaired) electrons.